The van der Waals surface area contributed by atoms with Gasteiger partial charge in [0, 0.05) is 28.6 Å². The fourth-order valence-corrected chi connectivity index (χ4v) is 3.45. The molecular weight excluding hydrogens is 320 g/mol. The average Bonchev–Trinajstić information content (AvgIpc) is 2.92. The Kier molecular flexibility index (Phi) is 3.39. The van der Waals surface area contributed by atoms with Gasteiger partial charge in [0.05, 0.1) is 10.9 Å². The third-order valence-electron chi connectivity index (χ3n) is 4.80. The second-order valence-electron chi connectivity index (χ2n) is 6.61. The highest BCUT2D eigenvalue weighted by Crippen LogP contribution is 2.39. The zero-order valence-corrected chi connectivity index (χ0v) is 14.6. The topological polar surface area (TPSA) is 17.0 Å². The molecule has 0 aliphatic carbocycles. The van der Waals surface area contributed by atoms with E-state index in [-0.39, 0.29) is 11.1 Å². The molecule has 0 bridgehead atoms. The predicted molar refractivity (Wildman–Crippen MR) is 94.5 cm³/mol. The summed E-state index contributed by atoms with van der Waals surface area (Å²) in [5.41, 5.74) is 4.85. The van der Waals surface area contributed by atoms with Gasteiger partial charge in [-0.25, -0.2) is 13.3 Å². The van der Waals surface area contributed by atoms with Crippen LogP contribution in [0.15, 0.2) is 40.9 Å². The molecule has 4 rings (SSSR count). The van der Waals surface area contributed by atoms with Gasteiger partial charge in [0.1, 0.15) is 29.8 Å². The van der Waals surface area contributed by atoms with E-state index in [9.17, 15) is 8.78 Å². The van der Waals surface area contributed by atoms with Crippen molar-refractivity contribution in [1.82, 2.24) is 0 Å². The first-order valence-electron chi connectivity index (χ1n) is 8.15. The lowest BCUT2D eigenvalue weighted by atomic mass is 9.99. The molecule has 4 heteroatoms. The van der Waals surface area contributed by atoms with Crippen molar-refractivity contribution in [2.75, 3.05) is 0 Å². The van der Waals surface area contributed by atoms with E-state index >= 15 is 0 Å². The summed E-state index contributed by atoms with van der Waals surface area (Å²) in [6.07, 6.45) is 2.03. The maximum absolute atomic E-state index is 14.7. The predicted octanol–water partition coefficient (Wildman–Crippen LogP) is 5.28. The van der Waals surface area contributed by atoms with E-state index in [1.807, 2.05) is 55.9 Å². The van der Waals surface area contributed by atoms with Crippen molar-refractivity contribution in [1.29, 1.82) is 0 Å². The van der Waals surface area contributed by atoms with Gasteiger partial charge in [-0.1, -0.05) is 12.1 Å². The molecule has 0 N–H and O–H groups in total. The molecule has 2 aromatic heterocycles. The molecule has 0 saturated heterocycles. The highest BCUT2D eigenvalue weighted by Gasteiger charge is 2.23. The Hall–Kier alpha value is -2.75. The standard InChI is InChI=1S/C21H18F2NO/c1-11-5-8-16(24(4)10-11)18-12(2)6-7-14-19-17(25-21(14)18)9-15(22)13(3)20(19)23/h5-10H,1-4H3/q+1. The molecular formula is C21H18F2NO+. The minimum atomic E-state index is -0.594. The number of aromatic nitrogens is 1. The molecule has 0 aliphatic heterocycles. The minimum Gasteiger partial charge on any atom is -0.455 e. The highest BCUT2D eigenvalue weighted by molar-refractivity contribution is 6.10. The van der Waals surface area contributed by atoms with Gasteiger partial charge in [-0.15, -0.1) is 0 Å². The zero-order valence-electron chi connectivity index (χ0n) is 14.6. The second-order valence-corrected chi connectivity index (χ2v) is 6.61. The SMILES string of the molecule is Cc1ccc(-c2c(C)ccc3c2oc2cc(F)c(C)c(F)c23)[n+](C)c1. The maximum Gasteiger partial charge on any atom is 0.216 e. The van der Waals surface area contributed by atoms with Crippen LogP contribution in [-0.4, -0.2) is 0 Å². The number of aryl methyl sites for hydroxylation is 3. The molecule has 0 radical (unpaired) electrons. The number of rotatable bonds is 1. The van der Waals surface area contributed by atoms with Gasteiger partial charge >= 0.3 is 0 Å². The number of halogens is 2. The largest absolute Gasteiger partial charge is 0.455 e. The molecule has 0 aliphatic rings. The Morgan fingerprint density at radius 3 is 2.48 bits per heavy atom. The third kappa shape index (κ3) is 2.24. The number of nitrogens with zero attached hydrogens (tertiary/aromatic N) is 1. The molecule has 4 aromatic rings. The van der Waals surface area contributed by atoms with Crippen molar-refractivity contribution in [2.45, 2.75) is 20.8 Å². The summed E-state index contributed by atoms with van der Waals surface area (Å²) in [4.78, 5) is 0. The smallest absolute Gasteiger partial charge is 0.216 e. The molecule has 25 heavy (non-hydrogen) atoms. The Morgan fingerprint density at radius 2 is 1.76 bits per heavy atom. The summed E-state index contributed by atoms with van der Waals surface area (Å²) in [7, 11) is 1.97. The third-order valence-corrected chi connectivity index (χ3v) is 4.80. The molecule has 2 nitrogen and oxygen atoms in total. The van der Waals surface area contributed by atoms with Crippen LogP contribution >= 0.6 is 0 Å². The number of pyridine rings is 1. The quantitative estimate of drug-likeness (QED) is 0.432. The van der Waals surface area contributed by atoms with Gasteiger partial charge < -0.3 is 4.42 Å². The monoisotopic (exact) mass is 338 g/mol. The number of fused-ring (bicyclic) bond motifs is 3. The van der Waals surface area contributed by atoms with Crippen LogP contribution in [0.5, 0.6) is 0 Å². The fourth-order valence-electron chi connectivity index (χ4n) is 3.45. The first-order chi connectivity index (χ1) is 11.9. The summed E-state index contributed by atoms with van der Waals surface area (Å²) in [5.74, 6) is -1.15. The van der Waals surface area contributed by atoms with E-state index in [2.05, 4.69) is 0 Å². The van der Waals surface area contributed by atoms with Gasteiger partial charge in [0.25, 0.3) is 0 Å². The van der Waals surface area contributed by atoms with Crippen LogP contribution in [-0.2, 0) is 7.05 Å². The number of furan rings is 1. The summed E-state index contributed by atoms with van der Waals surface area (Å²) in [6.45, 7) is 5.46. The van der Waals surface area contributed by atoms with Gasteiger partial charge in [0.15, 0.2) is 6.20 Å². The maximum atomic E-state index is 14.7. The van der Waals surface area contributed by atoms with Gasteiger partial charge in [-0.2, -0.15) is 0 Å². The molecule has 0 unspecified atom stereocenters. The number of hydrogen-bond donors (Lipinski definition) is 0. The Labute approximate surface area is 144 Å². The minimum absolute atomic E-state index is 0.0122. The first-order valence-corrected chi connectivity index (χ1v) is 8.15. The highest BCUT2D eigenvalue weighted by atomic mass is 19.1. The van der Waals surface area contributed by atoms with Crippen molar-refractivity contribution >= 4 is 21.9 Å². The van der Waals surface area contributed by atoms with E-state index in [1.165, 1.54) is 13.0 Å². The lowest BCUT2D eigenvalue weighted by molar-refractivity contribution is -0.660. The summed E-state index contributed by atoms with van der Waals surface area (Å²) in [6, 6.07) is 9.11. The summed E-state index contributed by atoms with van der Waals surface area (Å²) >= 11 is 0. The Morgan fingerprint density at radius 1 is 1.00 bits per heavy atom. The van der Waals surface area contributed by atoms with E-state index < -0.39 is 11.6 Å². The lowest BCUT2D eigenvalue weighted by Gasteiger charge is -2.06. The van der Waals surface area contributed by atoms with Gasteiger partial charge in [-0.05, 0) is 32.4 Å². The second kappa shape index (κ2) is 5.38. The normalized spacial score (nSPS) is 11.6. The van der Waals surface area contributed by atoms with Crippen LogP contribution in [0.25, 0.3) is 33.2 Å². The molecule has 2 aromatic carbocycles. The molecule has 2 heterocycles. The van der Waals surface area contributed by atoms with Gasteiger partial charge in [-0.3, -0.25) is 0 Å². The van der Waals surface area contributed by atoms with Crippen LogP contribution in [0, 0.1) is 32.4 Å². The van der Waals surface area contributed by atoms with Crippen molar-refractivity contribution in [2.24, 2.45) is 7.05 Å². The van der Waals surface area contributed by atoms with Crippen molar-refractivity contribution in [3.63, 3.8) is 0 Å². The van der Waals surface area contributed by atoms with Crippen LogP contribution in [0.1, 0.15) is 16.7 Å². The van der Waals surface area contributed by atoms with E-state index in [0.29, 0.717) is 16.4 Å². The zero-order chi connectivity index (χ0) is 17.9. The molecule has 126 valence electrons. The van der Waals surface area contributed by atoms with Crippen LogP contribution in [0.2, 0.25) is 0 Å². The summed E-state index contributed by atoms with van der Waals surface area (Å²) < 4.78 is 36.6. The van der Waals surface area contributed by atoms with E-state index in [4.69, 9.17) is 4.42 Å². The number of benzene rings is 2. The van der Waals surface area contributed by atoms with Crippen LogP contribution in [0.4, 0.5) is 8.78 Å². The van der Waals surface area contributed by atoms with Crippen molar-refractivity contribution in [3.05, 3.63) is 64.9 Å². The fraction of sp³-hybridized carbons (Fsp3) is 0.190. The first kappa shape index (κ1) is 15.8. The average molecular weight is 338 g/mol. The Balaban J connectivity index is 2.17. The van der Waals surface area contributed by atoms with E-state index in [1.54, 1.807) is 0 Å². The molecule has 0 spiro atoms. The molecule has 0 atom stereocenters. The molecule has 0 fully saturated rings. The van der Waals surface area contributed by atoms with Crippen LogP contribution in [0.3, 0.4) is 0 Å². The Bertz CT molecular complexity index is 1160. The summed E-state index contributed by atoms with van der Waals surface area (Å²) in [5, 5.41) is 1.00. The van der Waals surface area contributed by atoms with E-state index in [0.717, 1.165) is 22.4 Å². The van der Waals surface area contributed by atoms with Gasteiger partial charge in [0.2, 0.25) is 5.69 Å². The molecule has 0 amide bonds. The lowest BCUT2D eigenvalue weighted by Crippen LogP contribution is -2.31. The van der Waals surface area contributed by atoms with Crippen molar-refractivity contribution < 1.29 is 17.8 Å². The number of hydrogen-bond acceptors (Lipinski definition) is 1. The molecule has 0 saturated carbocycles. The van der Waals surface area contributed by atoms with Crippen LogP contribution < -0.4 is 4.57 Å². The van der Waals surface area contributed by atoms with Crippen molar-refractivity contribution in [3.8, 4) is 11.3 Å².